The molecule has 7 nitrogen and oxygen atoms in total. The molecule has 30 heavy (non-hydrogen) atoms. The van der Waals surface area contributed by atoms with Gasteiger partial charge in [-0.25, -0.2) is 0 Å². The van der Waals surface area contributed by atoms with E-state index in [4.69, 9.17) is 16.1 Å². The van der Waals surface area contributed by atoms with Gasteiger partial charge in [-0.3, -0.25) is 14.6 Å². The van der Waals surface area contributed by atoms with Crippen LogP contribution in [-0.4, -0.2) is 76.1 Å². The molecule has 1 atom stereocenters. The van der Waals surface area contributed by atoms with Crippen molar-refractivity contribution in [3.05, 3.63) is 35.2 Å². The Kier molecular flexibility index (Phi) is 7.02. The Morgan fingerprint density at radius 2 is 1.70 bits per heavy atom. The van der Waals surface area contributed by atoms with Gasteiger partial charge in [-0.05, 0) is 44.0 Å². The number of nitrogens with zero attached hydrogens (tertiary/aromatic N) is 5. The fraction of sp³-hybridized carbons (Fsp3) is 0.591. The van der Waals surface area contributed by atoms with Crippen LogP contribution in [0.25, 0.3) is 11.4 Å². The summed E-state index contributed by atoms with van der Waals surface area (Å²) in [6, 6.07) is 7.36. The summed E-state index contributed by atoms with van der Waals surface area (Å²) < 4.78 is 5.45. The third-order valence-electron chi connectivity index (χ3n) is 6.16. The van der Waals surface area contributed by atoms with Gasteiger partial charge in [0.2, 0.25) is 17.6 Å². The first kappa shape index (κ1) is 21.3. The molecule has 2 saturated heterocycles. The first-order chi connectivity index (χ1) is 14.6. The fourth-order valence-electron chi connectivity index (χ4n) is 4.25. The number of likely N-dealkylation sites (tertiary alicyclic amines) is 1. The lowest BCUT2D eigenvalue weighted by molar-refractivity contribution is -0.137. The fourth-order valence-corrected chi connectivity index (χ4v) is 4.37. The normalized spacial score (nSPS) is 20.1. The molecule has 1 amide bonds. The lowest BCUT2D eigenvalue weighted by Crippen LogP contribution is -2.54. The Bertz CT molecular complexity index is 824. The van der Waals surface area contributed by atoms with Crippen LogP contribution in [0.15, 0.2) is 28.8 Å². The van der Waals surface area contributed by atoms with Gasteiger partial charge in [0.05, 0.1) is 12.6 Å². The predicted octanol–water partition coefficient (Wildman–Crippen LogP) is 3.30. The minimum absolute atomic E-state index is 0.0508. The SMILES string of the molecule is CC(C(=O)N1CCCCCC1)N1CCN(Cc2nc(-c3ccc(Cl)cc3)no2)CC1. The number of rotatable bonds is 5. The molecule has 0 bridgehead atoms. The quantitative estimate of drug-likeness (QED) is 0.723. The van der Waals surface area contributed by atoms with Gasteiger partial charge in [0.1, 0.15) is 0 Å². The van der Waals surface area contributed by atoms with Crippen molar-refractivity contribution < 1.29 is 9.32 Å². The Morgan fingerprint density at radius 1 is 1.03 bits per heavy atom. The lowest BCUT2D eigenvalue weighted by Gasteiger charge is -2.38. The second-order valence-corrected chi connectivity index (χ2v) is 8.68. The lowest BCUT2D eigenvalue weighted by atomic mass is 10.2. The van der Waals surface area contributed by atoms with Crippen LogP contribution < -0.4 is 0 Å². The zero-order valence-electron chi connectivity index (χ0n) is 17.6. The zero-order chi connectivity index (χ0) is 20.9. The molecule has 162 valence electrons. The van der Waals surface area contributed by atoms with Crippen molar-refractivity contribution in [3.63, 3.8) is 0 Å². The third-order valence-corrected chi connectivity index (χ3v) is 6.41. The number of hydrogen-bond acceptors (Lipinski definition) is 6. The summed E-state index contributed by atoms with van der Waals surface area (Å²) in [6.07, 6.45) is 4.75. The van der Waals surface area contributed by atoms with Crippen molar-refractivity contribution in [3.8, 4) is 11.4 Å². The van der Waals surface area contributed by atoms with E-state index in [0.29, 0.717) is 23.3 Å². The monoisotopic (exact) mass is 431 g/mol. The minimum atomic E-state index is -0.0508. The maximum Gasteiger partial charge on any atom is 0.241 e. The van der Waals surface area contributed by atoms with Gasteiger partial charge in [-0.2, -0.15) is 4.98 Å². The average Bonchev–Trinajstić information content (AvgIpc) is 3.06. The molecule has 8 heteroatoms. The van der Waals surface area contributed by atoms with Crippen LogP contribution in [0.1, 0.15) is 38.5 Å². The van der Waals surface area contributed by atoms with Gasteiger partial charge in [0.15, 0.2) is 0 Å². The smallest absolute Gasteiger partial charge is 0.241 e. The summed E-state index contributed by atoms with van der Waals surface area (Å²) in [5.74, 6) is 1.48. The van der Waals surface area contributed by atoms with Crippen LogP contribution in [0, 0.1) is 0 Å². The maximum absolute atomic E-state index is 12.9. The van der Waals surface area contributed by atoms with Crippen LogP contribution in [0.4, 0.5) is 0 Å². The molecule has 4 rings (SSSR count). The molecule has 0 radical (unpaired) electrons. The standard InChI is InChI=1S/C22H30ClN5O2/c1-17(22(29)28-10-4-2-3-5-11-28)27-14-12-26(13-15-27)16-20-24-21(25-30-20)18-6-8-19(23)9-7-18/h6-9,17H,2-5,10-16H2,1H3. The van der Waals surface area contributed by atoms with Crippen LogP contribution in [0.5, 0.6) is 0 Å². The highest BCUT2D eigenvalue weighted by Crippen LogP contribution is 2.20. The summed E-state index contributed by atoms with van der Waals surface area (Å²) in [4.78, 5) is 24.1. The van der Waals surface area contributed by atoms with E-state index >= 15 is 0 Å². The number of benzene rings is 1. The Hall–Kier alpha value is -1.96. The zero-order valence-corrected chi connectivity index (χ0v) is 18.4. The van der Waals surface area contributed by atoms with Crippen LogP contribution in [-0.2, 0) is 11.3 Å². The molecule has 1 aromatic carbocycles. The number of hydrogen-bond donors (Lipinski definition) is 0. The van der Waals surface area contributed by atoms with Crippen LogP contribution >= 0.6 is 11.6 Å². The second kappa shape index (κ2) is 9.90. The van der Waals surface area contributed by atoms with Crippen molar-refractivity contribution in [2.45, 2.75) is 45.2 Å². The van der Waals surface area contributed by atoms with E-state index in [9.17, 15) is 4.79 Å². The van der Waals surface area contributed by atoms with Crippen molar-refractivity contribution >= 4 is 17.5 Å². The van der Waals surface area contributed by atoms with E-state index in [1.165, 1.54) is 12.8 Å². The summed E-state index contributed by atoms with van der Waals surface area (Å²) >= 11 is 5.94. The van der Waals surface area contributed by atoms with E-state index < -0.39 is 0 Å². The molecular formula is C22H30ClN5O2. The Labute approximate surface area is 183 Å². The highest BCUT2D eigenvalue weighted by Gasteiger charge is 2.29. The van der Waals surface area contributed by atoms with E-state index in [1.807, 2.05) is 24.3 Å². The number of amides is 1. The molecule has 0 saturated carbocycles. The number of aromatic nitrogens is 2. The molecule has 2 aliphatic heterocycles. The molecular weight excluding hydrogens is 402 g/mol. The van der Waals surface area contributed by atoms with Crippen LogP contribution in [0.3, 0.4) is 0 Å². The molecule has 2 aromatic rings. The van der Waals surface area contributed by atoms with E-state index in [0.717, 1.165) is 57.7 Å². The highest BCUT2D eigenvalue weighted by atomic mass is 35.5. The molecule has 0 N–H and O–H groups in total. The second-order valence-electron chi connectivity index (χ2n) is 8.25. The molecule has 1 aromatic heterocycles. The van der Waals surface area contributed by atoms with E-state index in [-0.39, 0.29) is 11.9 Å². The van der Waals surface area contributed by atoms with Gasteiger partial charge in [-0.1, -0.05) is 29.6 Å². The summed E-state index contributed by atoms with van der Waals surface area (Å²) in [5.41, 5.74) is 0.889. The first-order valence-corrected chi connectivity index (χ1v) is 11.3. The Balaban J connectivity index is 1.27. The molecule has 3 heterocycles. The minimum Gasteiger partial charge on any atom is -0.341 e. The number of halogens is 1. The number of carbonyl (C=O) groups excluding carboxylic acids is 1. The van der Waals surface area contributed by atoms with E-state index in [1.54, 1.807) is 0 Å². The van der Waals surface area contributed by atoms with Crippen molar-refractivity contribution in [2.75, 3.05) is 39.3 Å². The summed E-state index contributed by atoms with van der Waals surface area (Å²) in [6.45, 7) is 8.03. The summed E-state index contributed by atoms with van der Waals surface area (Å²) in [7, 11) is 0. The van der Waals surface area contributed by atoms with Gasteiger partial charge in [0, 0.05) is 49.9 Å². The average molecular weight is 432 g/mol. The highest BCUT2D eigenvalue weighted by molar-refractivity contribution is 6.30. The summed E-state index contributed by atoms with van der Waals surface area (Å²) in [5, 5.41) is 4.78. The van der Waals surface area contributed by atoms with Crippen molar-refractivity contribution in [2.24, 2.45) is 0 Å². The molecule has 0 aliphatic carbocycles. The first-order valence-electron chi connectivity index (χ1n) is 10.9. The molecule has 2 fully saturated rings. The number of carbonyl (C=O) groups is 1. The maximum atomic E-state index is 12.9. The van der Waals surface area contributed by atoms with Crippen LogP contribution in [0.2, 0.25) is 5.02 Å². The largest absolute Gasteiger partial charge is 0.341 e. The van der Waals surface area contributed by atoms with E-state index in [2.05, 4.69) is 31.8 Å². The topological polar surface area (TPSA) is 65.7 Å². The van der Waals surface area contributed by atoms with Gasteiger partial charge < -0.3 is 9.42 Å². The Morgan fingerprint density at radius 3 is 2.37 bits per heavy atom. The van der Waals surface area contributed by atoms with Gasteiger partial charge >= 0.3 is 0 Å². The van der Waals surface area contributed by atoms with Crippen molar-refractivity contribution in [1.82, 2.24) is 24.8 Å². The van der Waals surface area contributed by atoms with Gasteiger partial charge in [-0.15, -0.1) is 0 Å². The van der Waals surface area contributed by atoms with Crippen molar-refractivity contribution in [1.29, 1.82) is 0 Å². The number of piperazine rings is 1. The molecule has 1 unspecified atom stereocenters. The third kappa shape index (κ3) is 5.20. The van der Waals surface area contributed by atoms with Gasteiger partial charge in [0.25, 0.3) is 0 Å². The molecule has 0 spiro atoms. The molecule has 2 aliphatic rings. The predicted molar refractivity (Wildman–Crippen MR) is 116 cm³/mol.